The van der Waals surface area contributed by atoms with Crippen LogP contribution in [0, 0.1) is 0 Å². The first-order valence-corrected chi connectivity index (χ1v) is 7.36. The Morgan fingerprint density at radius 2 is 1.75 bits per heavy atom. The molecule has 0 unspecified atom stereocenters. The summed E-state index contributed by atoms with van der Waals surface area (Å²) in [5, 5.41) is 0. The number of ether oxygens (including phenoxy) is 1. The maximum absolute atomic E-state index is 12.5. The van der Waals surface area contributed by atoms with Crippen LogP contribution in [0.25, 0.3) is 0 Å². The van der Waals surface area contributed by atoms with Gasteiger partial charge >= 0.3 is 5.97 Å². The van der Waals surface area contributed by atoms with Gasteiger partial charge in [-0.05, 0) is 41.7 Å². The van der Waals surface area contributed by atoms with Gasteiger partial charge in [0.25, 0.3) is 0 Å². The van der Waals surface area contributed by atoms with Crippen LogP contribution in [0.1, 0.15) is 16.7 Å². The Morgan fingerprint density at radius 3 is 2.30 bits per heavy atom. The minimum atomic E-state index is -0.595. The van der Waals surface area contributed by atoms with E-state index in [2.05, 4.69) is 28.1 Å². The molecule has 0 aromatic heterocycles. The topological polar surface area (TPSA) is 26.3 Å². The lowest BCUT2D eigenvalue weighted by atomic mass is 9.78. The number of esters is 1. The highest BCUT2D eigenvalue weighted by Crippen LogP contribution is 2.41. The second kappa shape index (κ2) is 5.06. The van der Waals surface area contributed by atoms with Gasteiger partial charge in [0.1, 0.15) is 5.41 Å². The van der Waals surface area contributed by atoms with E-state index >= 15 is 0 Å². The largest absolute Gasteiger partial charge is 0.468 e. The molecule has 0 amide bonds. The quantitative estimate of drug-likeness (QED) is 0.785. The van der Waals surface area contributed by atoms with Crippen molar-refractivity contribution in [2.45, 2.75) is 18.3 Å². The second-order valence-corrected chi connectivity index (χ2v) is 6.12. The second-order valence-electron chi connectivity index (χ2n) is 5.21. The summed E-state index contributed by atoms with van der Waals surface area (Å²) in [6, 6.07) is 16.2. The van der Waals surface area contributed by atoms with Crippen molar-refractivity contribution >= 4 is 21.9 Å². The Bertz CT molecular complexity index is 639. The normalized spacial score (nSPS) is 15.7. The van der Waals surface area contributed by atoms with Gasteiger partial charge in [-0.2, -0.15) is 0 Å². The molecular weight excluding hydrogens is 316 g/mol. The summed E-state index contributed by atoms with van der Waals surface area (Å²) in [7, 11) is 1.46. The van der Waals surface area contributed by atoms with Crippen molar-refractivity contribution in [1.29, 1.82) is 0 Å². The Kier molecular flexibility index (Phi) is 3.38. The first-order chi connectivity index (χ1) is 9.65. The fraction of sp³-hybridized carbons (Fsp3) is 0.235. The summed E-state index contributed by atoms with van der Waals surface area (Å²) in [6.45, 7) is 0. The first kappa shape index (κ1) is 13.4. The molecule has 2 aromatic carbocycles. The van der Waals surface area contributed by atoms with Gasteiger partial charge < -0.3 is 4.74 Å². The van der Waals surface area contributed by atoms with Gasteiger partial charge in [-0.15, -0.1) is 0 Å². The molecule has 1 aliphatic carbocycles. The van der Waals surface area contributed by atoms with Crippen LogP contribution in [0.4, 0.5) is 0 Å². The molecule has 0 fully saturated rings. The Hall–Kier alpha value is -1.61. The summed E-state index contributed by atoms with van der Waals surface area (Å²) in [4.78, 5) is 12.5. The molecule has 2 aromatic rings. The summed E-state index contributed by atoms with van der Waals surface area (Å²) in [5.74, 6) is -0.160. The summed E-state index contributed by atoms with van der Waals surface area (Å²) >= 11 is 3.49. The van der Waals surface area contributed by atoms with Crippen LogP contribution in [-0.2, 0) is 27.8 Å². The lowest BCUT2D eigenvalue weighted by Crippen LogP contribution is -2.37. The molecule has 0 N–H and O–H groups in total. The Balaban J connectivity index is 2.12. The van der Waals surface area contributed by atoms with Crippen molar-refractivity contribution in [1.82, 2.24) is 0 Å². The summed E-state index contributed by atoms with van der Waals surface area (Å²) in [5.41, 5.74) is 2.88. The number of halogens is 1. The number of benzene rings is 2. The Morgan fingerprint density at radius 1 is 1.10 bits per heavy atom. The average Bonchev–Trinajstić information content (AvgIpc) is 2.87. The zero-order chi connectivity index (χ0) is 14.2. The number of methoxy groups -OCH3 is 1. The molecule has 0 atom stereocenters. The van der Waals surface area contributed by atoms with Gasteiger partial charge in [-0.3, -0.25) is 4.79 Å². The molecule has 3 heteroatoms. The van der Waals surface area contributed by atoms with E-state index in [-0.39, 0.29) is 5.97 Å². The van der Waals surface area contributed by atoms with Crippen LogP contribution in [0.3, 0.4) is 0 Å². The van der Waals surface area contributed by atoms with Gasteiger partial charge in [0.15, 0.2) is 0 Å². The fourth-order valence-electron chi connectivity index (χ4n) is 3.06. The van der Waals surface area contributed by atoms with Crippen molar-refractivity contribution < 1.29 is 9.53 Å². The number of hydrogen-bond donors (Lipinski definition) is 0. The lowest BCUT2D eigenvalue weighted by molar-refractivity contribution is -0.147. The van der Waals surface area contributed by atoms with Crippen molar-refractivity contribution in [2.24, 2.45) is 0 Å². The van der Waals surface area contributed by atoms with E-state index in [4.69, 9.17) is 4.74 Å². The molecule has 0 spiro atoms. The van der Waals surface area contributed by atoms with Crippen molar-refractivity contribution in [3.63, 3.8) is 0 Å². The number of carbonyl (C=O) groups is 1. The van der Waals surface area contributed by atoms with E-state index in [0.29, 0.717) is 12.8 Å². The molecular formula is C17H15BrO2. The minimum absolute atomic E-state index is 0.160. The molecule has 0 saturated heterocycles. The van der Waals surface area contributed by atoms with Crippen LogP contribution in [0.2, 0.25) is 0 Å². The van der Waals surface area contributed by atoms with Crippen molar-refractivity contribution in [3.05, 3.63) is 69.7 Å². The summed E-state index contributed by atoms with van der Waals surface area (Å²) in [6.07, 6.45) is 1.40. The van der Waals surface area contributed by atoms with Gasteiger partial charge in [0.05, 0.1) is 7.11 Å². The van der Waals surface area contributed by atoms with Gasteiger partial charge in [-0.1, -0.05) is 52.3 Å². The zero-order valence-electron chi connectivity index (χ0n) is 11.2. The predicted octanol–water partition coefficient (Wildman–Crippen LogP) is 3.66. The van der Waals surface area contributed by atoms with E-state index < -0.39 is 5.41 Å². The maximum atomic E-state index is 12.5. The number of rotatable bonds is 2. The third kappa shape index (κ3) is 2.06. The number of carbonyl (C=O) groups excluding carboxylic acids is 1. The monoisotopic (exact) mass is 330 g/mol. The van der Waals surface area contributed by atoms with Gasteiger partial charge in [0, 0.05) is 4.47 Å². The predicted molar refractivity (Wildman–Crippen MR) is 81.7 cm³/mol. The average molecular weight is 331 g/mol. The van der Waals surface area contributed by atoms with Crippen LogP contribution < -0.4 is 0 Å². The van der Waals surface area contributed by atoms with E-state index in [1.165, 1.54) is 18.2 Å². The van der Waals surface area contributed by atoms with Crippen LogP contribution in [-0.4, -0.2) is 13.1 Å². The standard InChI is InChI=1S/C17H15BrO2/c1-20-16(19)17(14-7-4-8-15(18)9-14)10-12-5-2-3-6-13(12)11-17/h2-9H,10-11H2,1H3. The highest BCUT2D eigenvalue weighted by atomic mass is 79.9. The van der Waals surface area contributed by atoms with E-state index in [9.17, 15) is 4.79 Å². The third-order valence-corrected chi connectivity index (χ3v) is 4.55. The first-order valence-electron chi connectivity index (χ1n) is 6.57. The van der Waals surface area contributed by atoms with Gasteiger partial charge in [-0.25, -0.2) is 0 Å². The SMILES string of the molecule is COC(=O)C1(c2cccc(Br)c2)Cc2ccccc2C1. The summed E-state index contributed by atoms with van der Waals surface area (Å²) < 4.78 is 6.09. The van der Waals surface area contributed by atoms with Crippen LogP contribution >= 0.6 is 15.9 Å². The van der Waals surface area contributed by atoms with Crippen LogP contribution in [0.5, 0.6) is 0 Å². The zero-order valence-corrected chi connectivity index (χ0v) is 12.8. The van der Waals surface area contributed by atoms with Crippen molar-refractivity contribution in [2.75, 3.05) is 7.11 Å². The molecule has 3 rings (SSSR count). The molecule has 0 saturated carbocycles. The maximum Gasteiger partial charge on any atom is 0.316 e. The minimum Gasteiger partial charge on any atom is -0.468 e. The number of hydrogen-bond acceptors (Lipinski definition) is 2. The molecule has 1 aliphatic rings. The molecule has 20 heavy (non-hydrogen) atoms. The molecule has 0 radical (unpaired) electrons. The highest BCUT2D eigenvalue weighted by Gasteiger charge is 2.46. The smallest absolute Gasteiger partial charge is 0.316 e. The van der Waals surface area contributed by atoms with Gasteiger partial charge in [0.2, 0.25) is 0 Å². The number of fused-ring (bicyclic) bond motifs is 1. The Labute approximate surface area is 126 Å². The molecule has 0 heterocycles. The molecule has 102 valence electrons. The lowest BCUT2D eigenvalue weighted by Gasteiger charge is -2.26. The van der Waals surface area contributed by atoms with E-state index in [0.717, 1.165) is 10.0 Å². The van der Waals surface area contributed by atoms with Crippen molar-refractivity contribution in [3.8, 4) is 0 Å². The molecule has 0 aliphatic heterocycles. The fourth-order valence-corrected chi connectivity index (χ4v) is 3.46. The van der Waals surface area contributed by atoms with E-state index in [1.807, 2.05) is 36.4 Å². The third-order valence-electron chi connectivity index (χ3n) is 4.06. The highest BCUT2D eigenvalue weighted by molar-refractivity contribution is 9.10. The molecule has 2 nitrogen and oxygen atoms in total. The van der Waals surface area contributed by atoms with Crippen LogP contribution in [0.15, 0.2) is 53.0 Å². The van der Waals surface area contributed by atoms with E-state index in [1.54, 1.807) is 0 Å². The molecule has 0 bridgehead atoms.